The Hall–Kier alpha value is -4.99. The average molecular weight is 823 g/mol. The third-order valence-electron chi connectivity index (χ3n) is 10.2. The van der Waals surface area contributed by atoms with Gasteiger partial charge in [0.1, 0.15) is 0 Å². The second-order valence-electron chi connectivity index (χ2n) is 13.0. The van der Waals surface area contributed by atoms with E-state index in [1.807, 2.05) is 59.2 Å². The molecule has 0 bridgehead atoms. The van der Waals surface area contributed by atoms with Crippen molar-refractivity contribution in [1.29, 1.82) is 0 Å². The van der Waals surface area contributed by atoms with Gasteiger partial charge < -0.3 is 0 Å². The molecule has 8 aromatic rings. The Bertz CT molecular complexity index is 2730. The van der Waals surface area contributed by atoms with E-state index < -0.39 is 6.85 Å². The van der Waals surface area contributed by atoms with E-state index in [0.29, 0.717) is 23.0 Å². The fourth-order valence-electron chi connectivity index (χ4n) is 7.74. The van der Waals surface area contributed by atoms with Crippen LogP contribution in [0.4, 0.5) is 0 Å². The van der Waals surface area contributed by atoms with Gasteiger partial charge in [0, 0.05) is 15.9 Å². The van der Waals surface area contributed by atoms with Crippen LogP contribution in [0.25, 0.3) is 49.8 Å². The van der Waals surface area contributed by atoms with Crippen LogP contribution in [0.2, 0.25) is 0 Å². The van der Waals surface area contributed by atoms with Crippen LogP contribution in [0.5, 0.6) is 11.5 Å². The van der Waals surface area contributed by atoms with Crippen LogP contribution < -0.4 is 4.74 Å². The van der Waals surface area contributed by atoms with Crippen molar-refractivity contribution in [2.75, 3.05) is 0 Å². The Morgan fingerprint density at radius 3 is 2.29 bits per heavy atom. The third kappa shape index (κ3) is 4.94. The summed E-state index contributed by atoms with van der Waals surface area (Å²) in [4.78, 5) is 4.88. The topological polar surface area (TPSA) is 36.9 Å². The molecule has 2 unspecified atom stereocenters. The van der Waals surface area contributed by atoms with E-state index in [0.717, 1.165) is 46.0 Å². The summed E-state index contributed by atoms with van der Waals surface area (Å²) in [7, 11) is 2.14. The van der Waals surface area contributed by atoms with Crippen molar-refractivity contribution in [3.05, 3.63) is 148 Å². The molecule has 9 rings (SSSR count). The van der Waals surface area contributed by atoms with Crippen molar-refractivity contribution in [2.24, 2.45) is 7.05 Å². The van der Waals surface area contributed by atoms with Crippen molar-refractivity contribution in [2.45, 2.75) is 38.6 Å². The molecule has 0 saturated heterocycles. The van der Waals surface area contributed by atoms with Gasteiger partial charge >= 0.3 is 202 Å². The molecule has 0 radical (unpaired) electrons. The summed E-state index contributed by atoms with van der Waals surface area (Å²) >= 11 is 2.46. The maximum absolute atomic E-state index is 8.44. The van der Waals surface area contributed by atoms with E-state index >= 15 is 0 Å². The minimum Gasteiger partial charge on any atom is -0.238 e. The summed E-state index contributed by atoms with van der Waals surface area (Å²) in [6, 6.07) is 41.0. The van der Waals surface area contributed by atoms with Crippen LogP contribution in [-0.2, 0) is 26.4 Å². The van der Waals surface area contributed by atoms with Crippen molar-refractivity contribution in [3.8, 4) is 28.4 Å². The number of benzene rings is 5. The second kappa shape index (κ2) is 11.9. The van der Waals surface area contributed by atoms with Gasteiger partial charge in [-0.15, -0.1) is 0 Å². The molecular weight excluding hydrogens is 784 g/mol. The van der Waals surface area contributed by atoms with Crippen molar-refractivity contribution >= 4 is 32.8 Å². The molecule has 0 amide bonds. The largest absolute Gasteiger partial charge is 0.238 e. The van der Waals surface area contributed by atoms with Gasteiger partial charge in [0.05, 0.1) is 0 Å². The zero-order chi connectivity index (χ0) is 35.7. The minimum atomic E-state index is -2.33. The molecule has 0 saturated carbocycles. The molecule has 2 atom stereocenters. The Labute approximate surface area is 300 Å². The number of para-hydroxylation sites is 3. The number of imidazole rings is 1. The predicted octanol–water partition coefficient (Wildman–Crippen LogP) is 10.8. The summed E-state index contributed by atoms with van der Waals surface area (Å²) < 4.78 is 40.0. The first kappa shape index (κ1) is 26.9. The zero-order valence-electron chi connectivity index (χ0n) is 30.2. The number of hydrogen-bond donors (Lipinski definition) is 0. The van der Waals surface area contributed by atoms with E-state index in [-0.39, 0.29) is 11.6 Å². The SMILES string of the molecule is [2H]C([2H])([2H])c1cc(-n2c3ccccc3c3ccc(Oc4ccc5c(c4)C(n4[c](=[Pt])n(C)c6ccccc64)CCC5C)cc32)ncc1-c1ccccc1. The molecule has 0 spiro atoms. The van der Waals surface area contributed by atoms with Crippen molar-refractivity contribution in [1.82, 2.24) is 18.7 Å². The van der Waals surface area contributed by atoms with Crippen molar-refractivity contribution < 1.29 is 28.2 Å². The van der Waals surface area contributed by atoms with Gasteiger partial charge in [-0.2, -0.15) is 0 Å². The number of aryl methyl sites for hydroxylation is 2. The first-order valence-electron chi connectivity index (χ1n) is 18.2. The first-order chi connectivity index (χ1) is 25.2. The summed E-state index contributed by atoms with van der Waals surface area (Å²) in [6.45, 7) is -0.0145. The van der Waals surface area contributed by atoms with E-state index in [1.54, 1.807) is 12.3 Å². The zero-order valence-corrected chi connectivity index (χ0v) is 29.5. The molecule has 0 N–H and O–H groups in total. The summed E-state index contributed by atoms with van der Waals surface area (Å²) in [5.74, 6) is 2.48. The molecule has 1 aliphatic rings. The smallest absolute Gasteiger partial charge is 0.0374 e. The summed E-state index contributed by atoms with van der Waals surface area (Å²) in [6.07, 6.45) is 3.86. The molecule has 1 aliphatic carbocycles. The monoisotopic (exact) mass is 822 g/mol. The Kier molecular flexibility index (Phi) is 6.51. The number of rotatable bonds is 5. The minimum absolute atomic E-state index is 0.190. The van der Waals surface area contributed by atoms with Gasteiger partial charge in [-0.25, -0.2) is 4.98 Å². The molecule has 6 heteroatoms. The predicted molar refractivity (Wildman–Crippen MR) is 195 cm³/mol. The van der Waals surface area contributed by atoms with Crippen LogP contribution in [0.3, 0.4) is 0 Å². The van der Waals surface area contributed by atoms with Gasteiger partial charge in [-0.05, 0) is 30.1 Å². The Morgan fingerprint density at radius 2 is 1.45 bits per heavy atom. The number of pyridine rings is 1. The van der Waals surface area contributed by atoms with Crippen LogP contribution in [0.1, 0.15) is 52.5 Å². The van der Waals surface area contributed by atoms with Crippen LogP contribution >= 0.6 is 0 Å². The molecule has 3 heterocycles. The van der Waals surface area contributed by atoms with E-state index in [9.17, 15) is 0 Å². The van der Waals surface area contributed by atoms with Gasteiger partial charge in [0.2, 0.25) is 0 Å². The molecule has 3 aromatic heterocycles. The van der Waals surface area contributed by atoms with Gasteiger partial charge in [-0.1, -0.05) is 48.5 Å². The normalized spacial score (nSPS) is 17.2. The van der Waals surface area contributed by atoms with Crippen LogP contribution in [0, 0.1) is 10.7 Å². The molecule has 0 fully saturated rings. The first-order valence-corrected chi connectivity index (χ1v) is 17.8. The van der Waals surface area contributed by atoms with Crippen LogP contribution in [-0.4, -0.2) is 18.7 Å². The molecule has 5 aromatic carbocycles. The van der Waals surface area contributed by atoms with Gasteiger partial charge in [-0.3, -0.25) is 0 Å². The van der Waals surface area contributed by atoms with E-state index in [4.69, 9.17) is 13.8 Å². The van der Waals surface area contributed by atoms with E-state index in [1.165, 1.54) is 26.0 Å². The molecular formula is C43H36N4OPt. The Balaban J connectivity index is 1.15. The molecule has 0 aliphatic heterocycles. The maximum Gasteiger partial charge on any atom is 0.0374 e. The molecule has 244 valence electrons. The average Bonchev–Trinajstić information content (AvgIpc) is 3.61. The number of aromatic nitrogens is 4. The number of nitrogens with zero attached hydrogens (tertiary/aromatic N) is 4. The standard InChI is InChI=1S/C43H36N4O.Pt/c1-28-17-22-38(46-27-45(3)40-15-9-10-16-41(40)46)36-24-31(18-20-33(28)36)48-32-19-21-35-34-13-7-8-14-39(34)47(42(35)25-32)43-23-29(2)37(26-44-43)30-11-5-4-6-12-30;/h4-16,18-21,23-26,28,38H,17,22H2,1-3H3;/i2D3;. The van der Waals surface area contributed by atoms with Crippen molar-refractivity contribution in [3.63, 3.8) is 0 Å². The van der Waals surface area contributed by atoms with E-state index in [2.05, 4.69) is 103 Å². The fourth-order valence-corrected chi connectivity index (χ4v) is 8.64. The number of fused-ring (bicyclic) bond motifs is 5. The molecule has 49 heavy (non-hydrogen) atoms. The third-order valence-corrected chi connectivity index (χ3v) is 11.5. The number of ether oxygens (including phenoxy) is 1. The number of hydrogen-bond acceptors (Lipinski definition) is 2. The summed E-state index contributed by atoms with van der Waals surface area (Å²) in [5, 5.41) is 2.09. The molecule has 5 nitrogen and oxygen atoms in total. The summed E-state index contributed by atoms with van der Waals surface area (Å²) in [5.41, 5.74) is 8.64. The quantitative estimate of drug-likeness (QED) is 0.173. The maximum atomic E-state index is 8.44. The fraction of sp³-hybridized carbons (Fsp3) is 0.163. The Morgan fingerprint density at radius 1 is 0.735 bits per heavy atom. The van der Waals surface area contributed by atoms with Crippen LogP contribution in [0.15, 0.2) is 128 Å². The van der Waals surface area contributed by atoms with Gasteiger partial charge in [0.15, 0.2) is 0 Å². The van der Waals surface area contributed by atoms with Gasteiger partial charge in [0.25, 0.3) is 0 Å². The second-order valence-corrected chi connectivity index (χ2v) is 14.0.